The van der Waals surface area contributed by atoms with Crippen LogP contribution in [0.3, 0.4) is 0 Å². The maximum atomic E-state index is 11.2. The molecule has 3 N–H and O–H groups in total. The Labute approximate surface area is 119 Å². The number of nitrogens with two attached hydrogens (primary N) is 1. The van der Waals surface area contributed by atoms with Gasteiger partial charge >= 0.3 is 5.97 Å². The molecule has 2 rings (SSSR count). The van der Waals surface area contributed by atoms with Gasteiger partial charge in [-0.25, -0.2) is 0 Å². The molecule has 2 aromatic rings. The van der Waals surface area contributed by atoms with E-state index < -0.39 is 12.0 Å². The number of hydrogen-bond acceptors (Lipinski definition) is 2. The molecule has 20 heavy (non-hydrogen) atoms. The van der Waals surface area contributed by atoms with Crippen LogP contribution in [0.25, 0.3) is 0 Å². The fraction of sp³-hybridized carbons (Fsp3) is 0.235. The van der Waals surface area contributed by atoms with Gasteiger partial charge in [0.2, 0.25) is 0 Å². The second-order valence-electron chi connectivity index (χ2n) is 4.91. The monoisotopic (exact) mass is 269 g/mol. The Balaban J connectivity index is 2.13. The summed E-state index contributed by atoms with van der Waals surface area (Å²) in [5, 5.41) is 9.19. The molecule has 0 fully saturated rings. The Morgan fingerprint density at radius 3 is 2.10 bits per heavy atom. The number of rotatable bonds is 6. The van der Waals surface area contributed by atoms with Crippen LogP contribution in [-0.4, -0.2) is 17.1 Å². The van der Waals surface area contributed by atoms with Crippen molar-refractivity contribution in [2.75, 3.05) is 0 Å². The lowest BCUT2D eigenvalue weighted by Gasteiger charge is -2.21. The number of carboxylic acids is 1. The Kier molecular flexibility index (Phi) is 4.91. The summed E-state index contributed by atoms with van der Waals surface area (Å²) >= 11 is 0. The molecule has 0 aromatic heterocycles. The van der Waals surface area contributed by atoms with Gasteiger partial charge in [0.25, 0.3) is 0 Å². The summed E-state index contributed by atoms with van der Waals surface area (Å²) in [5.74, 6) is -1.12. The molecule has 2 unspecified atom stereocenters. The Morgan fingerprint density at radius 2 is 1.55 bits per heavy atom. The van der Waals surface area contributed by atoms with Crippen molar-refractivity contribution in [3.63, 3.8) is 0 Å². The largest absolute Gasteiger partial charge is 0.480 e. The normalized spacial score (nSPS) is 13.7. The molecule has 0 saturated heterocycles. The van der Waals surface area contributed by atoms with Gasteiger partial charge in [-0.05, 0) is 24.0 Å². The quantitative estimate of drug-likeness (QED) is 0.847. The van der Waals surface area contributed by atoms with Gasteiger partial charge < -0.3 is 10.8 Å². The summed E-state index contributed by atoms with van der Waals surface area (Å²) in [5.41, 5.74) is 8.04. The van der Waals surface area contributed by atoms with E-state index >= 15 is 0 Å². The molecule has 0 aliphatic carbocycles. The summed E-state index contributed by atoms with van der Waals surface area (Å²) in [6, 6.07) is 18.8. The van der Waals surface area contributed by atoms with Crippen LogP contribution in [0, 0.1) is 0 Å². The highest BCUT2D eigenvalue weighted by atomic mass is 16.4. The highest BCUT2D eigenvalue weighted by Crippen LogP contribution is 2.24. The molecule has 2 aromatic carbocycles. The zero-order chi connectivity index (χ0) is 14.4. The van der Waals surface area contributed by atoms with Gasteiger partial charge in [-0.1, -0.05) is 60.7 Å². The molecule has 0 amide bonds. The van der Waals surface area contributed by atoms with Crippen molar-refractivity contribution in [2.24, 2.45) is 5.73 Å². The lowest BCUT2D eigenvalue weighted by Crippen LogP contribution is -2.36. The average molecular weight is 269 g/mol. The van der Waals surface area contributed by atoms with Gasteiger partial charge in [-0.15, -0.1) is 0 Å². The maximum absolute atomic E-state index is 11.2. The molecule has 3 nitrogen and oxygen atoms in total. The zero-order valence-corrected chi connectivity index (χ0v) is 11.3. The van der Waals surface area contributed by atoms with Crippen LogP contribution < -0.4 is 5.73 Å². The minimum absolute atomic E-state index is 0.172. The minimum atomic E-state index is -0.952. The van der Waals surface area contributed by atoms with Gasteiger partial charge in [-0.2, -0.15) is 0 Å². The summed E-state index contributed by atoms with van der Waals surface area (Å²) in [6.07, 6.45) is 1.54. The molecule has 0 aliphatic heterocycles. The molecular formula is C17H19NO2. The third-order valence-electron chi connectivity index (χ3n) is 3.53. The summed E-state index contributed by atoms with van der Waals surface area (Å²) in [4.78, 5) is 11.2. The summed E-state index contributed by atoms with van der Waals surface area (Å²) < 4.78 is 0. The number of aliphatic carboxylic acids is 1. The Bertz CT molecular complexity index is 539. The predicted molar refractivity (Wildman–Crippen MR) is 79.6 cm³/mol. The highest BCUT2D eigenvalue weighted by molar-refractivity contribution is 5.74. The number of carboxylic acid groups (broad SMARTS) is 1. The maximum Gasteiger partial charge on any atom is 0.321 e. The molecular weight excluding hydrogens is 250 g/mol. The smallest absolute Gasteiger partial charge is 0.321 e. The van der Waals surface area contributed by atoms with E-state index in [1.165, 1.54) is 5.56 Å². The average Bonchev–Trinajstić information content (AvgIpc) is 2.49. The zero-order valence-electron chi connectivity index (χ0n) is 11.3. The van der Waals surface area contributed by atoms with Gasteiger partial charge in [0.05, 0.1) is 0 Å². The second-order valence-corrected chi connectivity index (χ2v) is 4.91. The Morgan fingerprint density at radius 1 is 1.00 bits per heavy atom. The first-order valence-electron chi connectivity index (χ1n) is 6.75. The molecule has 0 saturated carbocycles. The lowest BCUT2D eigenvalue weighted by atomic mass is 9.86. The van der Waals surface area contributed by atoms with Gasteiger partial charge in [0.1, 0.15) is 6.04 Å². The summed E-state index contributed by atoms with van der Waals surface area (Å²) in [7, 11) is 0. The standard InChI is InChI=1S/C17H19NO2/c18-16(17(19)20)15(14-9-5-2-6-10-14)12-11-13-7-3-1-4-8-13/h1-10,15-16H,11-12,18H2,(H,19,20). The summed E-state index contributed by atoms with van der Waals surface area (Å²) in [6.45, 7) is 0. The van der Waals surface area contributed by atoms with Crippen LogP contribution in [0.5, 0.6) is 0 Å². The highest BCUT2D eigenvalue weighted by Gasteiger charge is 2.25. The lowest BCUT2D eigenvalue weighted by molar-refractivity contribution is -0.139. The molecule has 0 radical (unpaired) electrons. The third kappa shape index (κ3) is 3.68. The van der Waals surface area contributed by atoms with E-state index in [0.717, 1.165) is 18.4 Å². The van der Waals surface area contributed by atoms with Crippen molar-refractivity contribution in [2.45, 2.75) is 24.8 Å². The first kappa shape index (κ1) is 14.3. The predicted octanol–water partition coefficient (Wildman–Crippen LogP) is 2.81. The van der Waals surface area contributed by atoms with Crippen molar-refractivity contribution in [3.05, 3.63) is 71.8 Å². The van der Waals surface area contributed by atoms with Crippen LogP contribution in [0.15, 0.2) is 60.7 Å². The molecule has 104 valence electrons. The van der Waals surface area contributed by atoms with E-state index in [1.54, 1.807) is 0 Å². The first-order valence-corrected chi connectivity index (χ1v) is 6.75. The molecule has 2 atom stereocenters. The van der Waals surface area contributed by atoms with Crippen molar-refractivity contribution < 1.29 is 9.90 Å². The van der Waals surface area contributed by atoms with E-state index in [-0.39, 0.29) is 5.92 Å². The number of benzene rings is 2. The van der Waals surface area contributed by atoms with E-state index in [1.807, 2.05) is 60.7 Å². The molecule has 0 spiro atoms. The SMILES string of the molecule is NC(C(=O)O)C(CCc1ccccc1)c1ccccc1. The van der Waals surface area contributed by atoms with Crippen LogP contribution in [-0.2, 0) is 11.2 Å². The third-order valence-corrected chi connectivity index (χ3v) is 3.53. The molecule has 0 bridgehead atoms. The van der Waals surface area contributed by atoms with Crippen molar-refractivity contribution in [1.82, 2.24) is 0 Å². The molecule has 0 heterocycles. The van der Waals surface area contributed by atoms with Crippen LogP contribution in [0.2, 0.25) is 0 Å². The molecule has 0 aliphatic rings. The van der Waals surface area contributed by atoms with Crippen molar-refractivity contribution in [1.29, 1.82) is 0 Å². The van der Waals surface area contributed by atoms with Crippen LogP contribution in [0.1, 0.15) is 23.5 Å². The van der Waals surface area contributed by atoms with Crippen molar-refractivity contribution in [3.8, 4) is 0 Å². The number of aryl methyl sites for hydroxylation is 1. The van der Waals surface area contributed by atoms with Gasteiger partial charge in [-0.3, -0.25) is 4.79 Å². The van der Waals surface area contributed by atoms with E-state index in [9.17, 15) is 9.90 Å². The fourth-order valence-corrected chi connectivity index (χ4v) is 2.39. The second kappa shape index (κ2) is 6.87. The fourth-order valence-electron chi connectivity index (χ4n) is 2.39. The van der Waals surface area contributed by atoms with Gasteiger partial charge in [0.15, 0.2) is 0 Å². The number of hydrogen-bond donors (Lipinski definition) is 2. The van der Waals surface area contributed by atoms with Crippen LogP contribution in [0.4, 0.5) is 0 Å². The number of carbonyl (C=O) groups is 1. The first-order chi connectivity index (χ1) is 9.68. The van der Waals surface area contributed by atoms with E-state index in [2.05, 4.69) is 0 Å². The Hall–Kier alpha value is -2.13. The minimum Gasteiger partial charge on any atom is -0.480 e. The van der Waals surface area contributed by atoms with Crippen molar-refractivity contribution >= 4 is 5.97 Å². The van der Waals surface area contributed by atoms with Crippen LogP contribution >= 0.6 is 0 Å². The van der Waals surface area contributed by atoms with Gasteiger partial charge in [0, 0.05) is 5.92 Å². The molecule has 3 heteroatoms. The van der Waals surface area contributed by atoms with E-state index in [4.69, 9.17) is 5.73 Å². The van der Waals surface area contributed by atoms with E-state index in [0.29, 0.717) is 0 Å². The topological polar surface area (TPSA) is 63.3 Å².